The number of nitrogens with zero attached hydrogens (tertiary/aromatic N) is 4. The first-order valence-electron chi connectivity index (χ1n) is 8.86. The molecule has 138 valence electrons. The fraction of sp³-hybridized carbons (Fsp3) is 0.389. The van der Waals surface area contributed by atoms with E-state index in [1.54, 1.807) is 6.07 Å². The molecule has 27 heavy (non-hydrogen) atoms. The van der Waals surface area contributed by atoms with E-state index in [9.17, 15) is 9.90 Å². The third-order valence-electron chi connectivity index (χ3n) is 4.99. The van der Waals surface area contributed by atoms with E-state index >= 15 is 0 Å². The summed E-state index contributed by atoms with van der Waals surface area (Å²) in [6, 6.07) is 4.82. The van der Waals surface area contributed by atoms with E-state index in [1.807, 2.05) is 6.07 Å². The summed E-state index contributed by atoms with van der Waals surface area (Å²) in [6.07, 6.45) is 8.42. The minimum atomic E-state index is -1.02. The van der Waals surface area contributed by atoms with Crippen molar-refractivity contribution in [1.82, 2.24) is 20.3 Å². The van der Waals surface area contributed by atoms with Gasteiger partial charge in [0, 0.05) is 30.4 Å². The summed E-state index contributed by atoms with van der Waals surface area (Å²) in [5.41, 5.74) is 0.892. The zero-order valence-electron chi connectivity index (χ0n) is 14.5. The molecule has 2 aliphatic rings. The highest BCUT2D eigenvalue weighted by molar-refractivity contribution is 5.94. The number of aromatic carboxylic acids is 1. The first-order valence-corrected chi connectivity index (χ1v) is 8.86. The average molecular weight is 365 g/mol. The topological polar surface area (TPSA) is 136 Å². The maximum Gasteiger partial charge on any atom is 0.339 e. The van der Waals surface area contributed by atoms with Crippen molar-refractivity contribution in [2.75, 3.05) is 10.6 Å². The van der Waals surface area contributed by atoms with Crippen molar-refractivity contribution in [2.45, 2.75) is 43.8 Å². The average Bonchev–Trinajstić information content (AvgIpc) is 3.00. The Balaban J connectivity index is 1.54. The molecule has 2 atom stereocenters. The van der Waals surface area contributed by atoms with Crippen LogP contribution in [0.25, 0.3) is 0 Å². The summed E-state index contributed by atoms with van der Waals surface area (Å²) in [5, 5.41) is 28.2. The van der Waals surface area contributed by atoms with Gasteiger partial charge in [0.2, 0.25) is 0 Å². The van der Waals surface area contributed by atoms with Crippen molar-refractivity contribution >= 4 is 23.3 Å². The zero-order chi connectivity index (χ0) is 18.8. The van der Waals surface area contributed by atoms with E-state index < -0.39 is 5.97 Å². The molecule has 2 saturated heterocycles. The molecule has 0 aliphatic carbocycles. The number of fused-ring (bicyclic) bond motifs is 2. The number of carboxylic acid groups (broad SMARTS) is 1. The van der Waals surface area contributed by atoms with Crippen LogP contribution in [0.15, 0.2) is 24.7 Å². The number of nitrogens with one attached hydrogen (secondary N) is 3. The quantitative estimate of drug-likeness (QED) is 0.626. The molecule has 0 amide bonds. The van der Waals surface area contributed by atoms with Crippen molar-refractivity contribution in [3.8, 4) is 6.07 Å². The van der Waals surface area contributed by atoms with E-state index in [0.29, 0.717) is 29.4 Å². The van der Waals surface area contributed by atoms with Crippen LogP contribution in [0.2, 0.25) is 0 Å². The summed E-state index contributed by atoms with van der Waals surface area (Å²) in [5.74, 6) is -0.138. The van der Waals surface area contributed by atoms with Gasteiger partial charge >= 0.3 is 5.97 Å². The molecule has 4 N–H and O–H groups in total. The molecule has 2 fully saturated rings. The normalized spacial score (nSPS) is 23.4. The van der Waals surface area contributed by atoms with Gasteiger partial charge in [-0.2, -0.15) is 5.26 Å². The number of carbonyl (C=O) groups is 1. The number of pyridine rings is 1. The number of anilines is 3. The van der Waals surface area contributed by atoms with Crippen LogP contribution in [0.4, 0.5) is 17.3 Å². The summed E-state index contributed by atoms with van der Waals surface area (Å²) >= 11 is 0. The van der Waals surface area contributed by atoms with Gasteiger partial charge in [-0.05, 0) is 25.7 Å². The maximum absolute atomic E-state index is 11.6. The Bertz CT molecular complexity index is 882. The molecule has 9 nitrogen and oxygen atoms in total. The third-order valence-corrected chi connectivity index (χ3v) is 4.99. The monoisotopic (exact) mass is 365 g/mol. The summed E-state index contributed by atoms with van der Waals surface area (Å²) < 4.78 is 0. The van der Waals surface area contributed by atoms with E-state index in [1.165, 1.54) is 31.4 Å². The van der Waals surface area contributed by atoms with Crippen LogP contribution >= 0.6 is 0 Å². The molecule has 2 aromatic rings. The van der Waals surface area contributed by atoms with Crippen molar-refractivity contribution in [3.05, 3.63) is 35.9 Å². The van der Waals surface area contributed by atoms with Crippen LogP contribution < -0.4 is 16.0 Å². The maximum atomic E-state index is 11.6. The smallest absolute Gasteiger partial charge is 0.339 e. The second-order valence-corrected chi connectivity index (χ2v) is 6.89. The van der Waals surface area contributed by atoms with Crippen LogP contribution in [0.3, 0.4) is 0 Å². The van der Waals surface area contributed by atoms with Crippen LogP contribution in [-0.2, 0) is 0 Å². The van der Waals surface area contributed by atoms with Gasteiger partial charge in [-0.1, -0.05) is 0 Å². The number of aromatic nitrogens is 3. The molecule has 4 heterocycles. The predicted molar refractivity (Wildman–Crippen MR) is 97.8 cm³/mol. The molecule has 0 spiro atoms. The van der Waals surface area contributed by atoms with Gasteiger partial charge in [-0.15, -0.1) is 0 Å². The van der Waals surface area contributed by atoms with E-state index in [4.69, 9.17) is 5.26 Å². The standard InChI is InChI=1S/C18H19N7O2/c19-6-13-7-21-17(9-20-13)25-16-5-15(14(8-22-16)18(26)27)24-12-3-10-1-2-11(4-12)23-10/h5,7-12,23H,1-4H2,(H,26,27)(H2,21,22,24,25)/t10-,11-/m1/s1. The Morgan fingerprint density at radius 2 is 1.89 bits per heavy atom. The summed E-state index contributed by atoms with van der Waals surface area (Å²) in [7, 11) is 0. The Morgan fingerprint density at radius 1 is 1.15 bits per heavy atom. The Morgan fingerprint density at radius 3 is 2.52 bits per heavy atom. The first-order chi connectivity index (χ1) is 13.1. The van der Waals surface area contributed by atoms with Crippen molar-refractivity contribution in [1.29, 1.82) is 5.26 Å². The Hall–Kier alpha value is -3.25. The highest BCUT2D eigenvalue weighted by Gasteiger charge is 2.33. The molecule has 2 aliphatic heterocycles. The van der Waals surface area contributed by atoms with Gasteiger partial charge < -0.3 is 21.1 Å². The van der Waals surface area contributed by atoms with Gasteiger partial charge in [0.25, 0.3) is 0 Å². The van der Waals surface area contributed by atoms with Gasteiger partial charge in [0.05, 0.1) is 18.1 Å². The van der Waals surface area contributed by atoms with E-state index in [-0.39, 0.29) is 17.3 Å². The highest BCUT2D eigenvalue weighted by atomic mass is 16.4. The fourth-order valence-electron chi connectivity index (χ4n) is 3.79. The van der Waals surface area contributed by atoms with Crippen LogP contribution in [-0.4, -0.2) is 44.2 Å². The SMILES string of the molecule is N#Cc1cnc(Nc2cc(NC3C[C@H]4CC[C@H](C3)N4)c(C(=O)O)cn2)cn1. The third kappa shape index (κ3) is 3.80. The van der Waals surface area contributed by atoms with Crippen LogP contribution in [0.1, 0.15) is 41.7 Å². The van der Waals surface area contributed by atoms with Crippen molar-refractivity contribution in [2.24, 2.45) is 0 Å². The minimum Gasteiger partial charge on any atom is -0.478 e. The van der Waals surface area contributed by atoms with Gasteiger partial charge in [0.15, 0.2) is 5.69 Å². The highest BCUT2D eigenvalue weighted by Crippen LogP contribution is 2.30. The lowest BCUT2D eigenvalue weighted by Gasteiger charge is -2.30. The van der Waals surface area contributed by atoms with Crippen molar-refractivity contribution in [3.63, 3.8) is 0 Å². The zero-order valence-corrected chi connectivity index (χ0v) is 14.5. The predicted octanol–water partition coefficient (Wildman–Crippen LogP) is 1.88. The van der Waals surface area contributed by atoms with E-state index in [0.717, 1.165) is 12.8 Å². The molecule has 0 unspecified atom stereocenters. The lowest BCUT2D eigenvalue weighted by molar-refractivity contribution is 0.0697. The molecule has 0 saturated carbocycles. The number of carboxylic acids is 1. The number of nitriles is 1. The number of piperidine rings is 1. The second-order valence-electron chi connectivity index (χ2n) is 6.89. The summed E-state index contributed by atoms with van der Waals surface area (Å²) in [4.78, 5) is 23.8. The van der Waals surface area contributed by atoms with Gasteiger partial charge in [0.1, 0.15) is 23.3 Å². The molecular formula is C18H19N7O2. The molecule has 2 aromatic heterocycles. The van der Waals surface area contributed by atoms with Crippen LogP contribution in [0, 0.1) is 11.3 Å². The van der Waals surface area contributed by atoms with Gasteiger partial charge in [-0.25, -0.2) is 19.7 Å². The molecule has 2 bridgehead atoms. The molecule has 0 radical (unpaired) electrons. The van der Waals surface area contributed by atoms with Crippen LogP contribution in [0.5, 0.6) is 0 Å². The molecule has 4 rings (SSSR count). The lowest BCUT2D eigenvalue weighted by atomic mass is 9.99. The fourth-order valence-corrected chi connectivity index (χ4v) is 3.79. The second kappa shape index (κ2) is 7.17. The first kappa shape index (κ1) is 17.2. The Kier molecular flexibility index (Phi) is 4.56. The number of hydrogen-bond acceptors (Lipinski definition) is 8. The van der Waals surface area contributed by atoms with E-state index in [2.05, 4.69) is 30.9 Å². The Labute approximate surface area is 155 Å². The lowest BCUT2D eigenvalue weighted by Crippen LogP contribution is -2.43. The molecular weight excluding hydrogens is 346 g/mol. The van der Waals surface area contributed by atoms with Gasteiger partial charge in [-0.3, -0.25) is 0 Å². The molecule has 0 aromatic carbocycles. The van der Waals surface area contributed by atoms with Crippen molar-refractivity contribution < 1.29 is 9.90 Å². The number of hydrogen-bond donors (Lipinski definition) is 4. The number of rotatable bonds is 5. The minimum absolute atomic E-state index is 0.136. The largest absolute Gasteiger partial charge is 0.478 e. The molecule has 9 heteroatoms. The summed E-state index contributed by atoms with van der Waals surface area (Å²) in [6.45, 7) is 0.